The molecule has 2 aromatic rings. The standard InChI is InChI=1S/C16H32F3N3.C11H8N2O2/c1-2-3-4-5-6-7-8-9-10-20-22-13-11-21(12-14-22)15-16(17,18)19;14-11(15)9-6-12-10(13-7-9)8-4-2-1-3-5-8/h20H,2-15H2,1H3;1-7H,(H,14,15). The Morgan fingerprint density at radius 1 is 0.919 bits per heavy atom. The molecule has 1 aliphatic rings. The minimum atomic E-state index is -4.08. The van der Waals surface area contributed by atoms with Crippen LogP contribution in [0.4, 0.5) is 13.2 Å². The van der Waals surface area contributed by atoms with Gasteiger partial charge in [-0.2, -0.15) is 13.2 Å². The number of aromatic nitrogens is 2. The molecule has 206 valence electrons. The number of hydrazine groups is 1. The number of hydrogen-bond acceptors (Lipinski definition) is 6. The summed E-state index contributed by atoms with van der Waals surface area (Å²) in [4.78, 5) is 20.0. The van der Waals surface area contributed by atoms with Gasteiger partial charge in [-0.1, -0.05) is 82.2 Å². The minimum absolute atomic E-state index is 0.0923. The molecule has 0 spiro atoms. The molecule has 37 heavy (non-hydrogen) atoms. The zero-order chi connectivity index (χ0) is 26.9. The van der Waals surface area contributed by atoms with Gasteiger partial charge in [0.15, 0.2) is 5.82 Å². The number of benzene rings is 1. The molecule has 0 amide bonds. The van der Waals surface area contributed by atoms with Crippen molar-refractivity contribution in [2.45, 2.75) is 64.5 Å². The molecule has 1 aromatic heterocycles. The summed E-state index contributed by atoms with van der Waals surface area (Å²) in [5.41, 5.74) is 4.30. The second kappa shape index (κ2) is 17.0. The van der Waals surface area contributed by atoms with Crippen LogP contribution in [0.1, 0.15) is 68.6 Å². The zero-order valence-electron chi connectivity index (χ0n) is 21.7. The third-order valence-electron chi connectivity index (χ3n) is 6.07. The molecule has 0 unspecified atom stereocenters. The van der Waals surface area contributed by atoms with E-state index in [2.05, 4.69) is 27.3 Å². The molecule has 1 aromatic carbocycles. The molecule has 2 N–H and O–H groups in total. The fourth-order valence-electron chi connectivity index (χ4n) is 3.99. The maximum atomic E-state index is 12.3. The Bertz CT molecular complexity index is 874. The molecule has 0 radical (unpaired) electrons. The summed E-state index contributed by atoms with van der Waals surface area (Å²) in [5.74, 6) is -0.491. The lowest BCUT2D eigenvalue weighted by molar-refractivity contribution is -0.150. The van der Waals surface area contributed by atoms with Crippen molar-refractivity contribution >= 4 is 5.97 Å². The summed E-state index contributed by atoms with van der Waals surface area (Å²) in [7, 11) is 0. The summed E-state index contributed by atoms with van der Waals surface area (Å²) in [6.07, 6.45) is 8.90. The number of carbonyl (C=O) groups is 1. The van der Waals surface area contributed by atoms with Gasteiger partial charge in [0.25, 0.3) is 0 Å². The molecule has 2 heterocycles. The number of carboxylic acid groups (broad SMARTS) is 1. The van der Waals surface area contributed by atoms with Gasteiger partial charge in [-0.3, -0.25) is 10.3 Å². The molecule has 0 aliphatic carbocycles. The highest BCUT2D eigenvalue weighted by Crippen LogP contribution is 2.17. The number of halogens is 3. The lowest BCUT2D eigenvalue weighted by atomic mass is 10.1. The fourth-order valence-corrected chi connectivity index (χ4v) is 3.99. The van der Waals surface area contributed by atoms with E-state index in [0.29, 0.717) is 32.0 Å². The predicted octanol–water partition coefficient (Wildman–Crippen LogP) is 5.65. The molecule has 1 aliphatic heterocycles. The number of aromatic carboxylic acids is 1. The molecule has 0 saturated carbocycles. The molecular formula is C27H40F3N5O2. The third kappa shape index (κ3) is 13.5. The van der Waals surface area contributed by atoms with Gasteiger partial charge in [0.05, 0.1) is 12.1 Å². The quantitative estimate of drug-likeness (QED) is 0.328. The van der Waals surface area contributed by atoms with Crippen molar-refractivity contribution in [1.29, 1.82) is 0 Å². The number of unbranched alkanes of at least 4 members (excludes halogenated alkanes) is 7. The number of hydrogen-bond donors (Lipinski definition) is 2. The van der Waals surface area contributed by atoms with E-state index in [-0.39, 0.29) is 5.56 Å². The molecule has 1 fully saturated rings. The van der Waals surface area contributed by atoms with Gasteiger partial charge in [-0.25, -0.2) is 19.8 Å². The SMILES string of the molecule is CCCCCCCCCCNN1CCN(CC(F)(F)F)CC1.O=C(O)c1cnc(-c2ccccc2)nc1. The van der Waals surface area contributed by atoms with Crippen LogP contribution in [0.2, 0.25) is 0 Å². The second-order valence-electron chi connectivity index (χ2n) is 9.23. The van der Waals surface area contributed by atoms with E-state index in [0.717, 1.165) is 18.5 Å². The van der Waals surface area contributed by atoms with Gasteiger partial charge >= 0.3 is 12.1 Å². The summed E-state index contributed by atoms with van der Waals surface area (Å²) in [5, 5.41) is 10.7. The summed E-state index contributed by atoms with van der Waals surface area (Å²) in [6, 6.07) is 9.40. The molecular weight excluding hydrogens is 483 g/mol. The first-order chi connectivity index (χ1) is 17.8. The molecule has 10 heteroatoms. The monoisotopic (exact) mass is 523 g/mol. The zero-order valence-corrected chi connectivity index (χ0v) is 21.7. The Hall–Kier alpha value is -2.56. The van der Waals surface area contributed by atoms with Crippen molar-refractivity contribution in [1.82, 2.24) is 25.3 Å². The largest absolute Gasteiger partial charge is 0.478 e. The van der Waals surface area contributed by atoms with Crippen LogP contribution in [0.15, 0.2) is 42.7 Å². The smallest absolute Gasteiger partial charge is 0.401 e. The van der Waals surface area contributed by atoms with Crippen LogP contribution in [0.5, 0.6) is 0 Å². The highest BCUT2D eigenvalue weighted by Gasteiger charge is 2.32. The maximum Gasteiger partial charge on any atom is 0.401 e. The third-order valence-corrected chi connectivity index (χ3v) is 6.07. The van der Waals surface area contributed by atoms with Crippen molar-refractivity contribution in [2.24, 2.45) is 0 Å². The van der Waals surface area contributed by atoms with E-state index in [1.165, 1.54) is 62.2 Å². The van der Waals surface area contributed by atoms with Crippen LogP contribution in [-0.4, -0.2) is 76.4 Å². The van der Waals surface area contributed by atoms with Gasteiger partial charge in [-0.15, -0.1) is 0 Å². The van der Waals surface area contributed by atoms with Crippen molar-refractivity contribution in [2.75, 3.05) is 39.3 Å². The Morgan fingerprint density at radius 2 is 1.49 bits per heavy atom. The van der Waals surface area contributed by atoms with E-state index < -0.39 is 18.7 Å². The lowest BCUT2D eigenvalue weighted by Crippen LogP contribution is -2.53. The van der Waals surface area contributed by atoms with E-state index in [1.807, 2.05) is 30.3 Å². The first-order valence-corrected chi connectivity index (χ1v) is 13.2. The van der Waals surface area contributed by atoms with Crippen molar-refractivity contribution in [3.8, 4) is 11.4 Å². The topological polar surface area (TPSA) is 81.6 Å². The fraction of sp³-hybridized carbons (Fsp3) is 0.593. The van der Waals surface area contributed by atoms with Crippen LogP contribution >= 0.6 is 0 Å². The van der Waals surface area contributed by atoms with Gasteiger partial charge < -0.3 is 5.11 Å². The van der Waals surface area contributed by atoms with E-state index in [9.17, 15) is 18.0 Å². The Balaban J connectivity index is 0.000000278. The van der Waals surface area contributed by atoms with Gasteiger partial charge in [0, 0.05) is 50.7 Å². The highest BCUT2D eigenvalue weighted by atomic mass is 19.4. The second-order valence-corrected chi connectivity index (χ2v) is 9.23. The highest BCUT2D eigenvalue weighted by molar-refractivity contribution is 5.86. The summed E-state index contributed by atoms with van der Waals surface area (Å²) >= 11 is 0. The lowest BCUT2D eigenvalue weighted by Gasteiger charge is -2.35. The number of nitrogens with zero attached hydrogens (tertiary/aromatic N) is 4. The van der Waals surface area contributed by atoms with E-state index in [4.69, 9.17) is 5.11 Å². The molecule has 1 saturated heterocycles. The number of rotatable bonds is 13. The number of nitrogens with one attached hydrogen (secondary N) is 1. The van der Waals surface area contributed by atoms with Crippen LogP contribution in [0, 0.1) is 0 Å². The van der Waals surface area contributed by atoms with Crippen molar-refractivity contribution in [3.05, 3.63) is 48.3 Å². The van der Waals surface area contributed by atoms with Crippen molar-refractivity contribution in [3.63, 3.8) is 0 Å². The Morgan fingerprint density at radius 3 is 2.03 bits per heavy atom. The minimum Gasteiger partial charge on any atom is -0.478 e. The maximum absolute atomic E-state index is 12.3. The predicted molar refractivity (Wildman–Crippen MR) is 139 cm³/mol. The molecule has 0 atom stereocenters. The van der Waals surface area contributed by atoms with E-state index >= 15 is 0 Å². The molecule has 0 bridgehead atoms. The van der Waals surface area contributed by atoms with Crippen LogP contribution in [0.25, 0.3) is 11.4 Å². The van der Waals surface area contributed by atoms with Crippen LogP contribution in [-0.2, 0) is 0 Å². The summed E-state index contributed by atoms with van der Waals surface area (Å²) < 4.78 is 36.9. The van der Waals surface area contributed by atoms with Crippen LogP contribution < -0.4 is 5.43 Å². The van der Waals surface area contributed by atoms with Gasteiger partial charge in [0.1, 0.15) is 0 Å². The van der Waals surface area contributed by atoms with Gasteiger partial charge in [-0.05, 0) is 6.42 Å². The number of alkyl halides is 3. The summed E-state index contributed by atoms with van der Waals surface area (Å²) in [6.45, 7) is 4.72. The van der Waals surface area contributed by atoms with Crippen molar-refractivity contribution < 1.29 is 23.1 Å². The first-order valence-electron chi connectivity index (χ1n) is 13.2. The number of carboxylic acids is 1. The Kier molecular flexibility index (Phi) is 14.1. The average Bonchev–Trinajstić information content (AvgIpc) is 2.89. The molecule has 7 nitrogen and oxygen atoms in total. The normalized spacial score (nSPS) is 14.7. The van der Waals surface area contributed by atoms with Gasteiger partial charge in [0.2, 0.25) is 0 Å². The van der Waals surface area contributed by atoms with Crippen LogP contribution in [0.3, 0.4) is 0 Å². The molecule has 3 rings (SSSR count). The van der Waals surface area contributed by atoms with E-state index in [1.54, 1.807) is 0 Å². The average molecular weight is 524 g/mol. The number of piperazine rings is 1. The first kappa shape index (κ1) is 30.7. The Labute approximate surface area is 218 Å².